The monoisotopic (exact) mass is 291 g/mol. The Morgan fingerprint density at radius 1 is 1.15 bits per heavy atom. The highest BCUT2D eigenvalue weighted by Crippen LogP contribution is 2.36. The van der Waals surface area contributed by atoms with Crippen LogP contribution in [0.15, 0.2) is 52.3 Å². The second-order valence-corrected chi connectivity index (χ2v) is 5.37. The molecule has 0 aliphatic carbocycles. The Kier molecular flexibility index (Phi) is 5.44. The number of methoxy groups -OCH3 is 1. The quantitative estimate of drug-likeness (QED) is 0.866. The van der Waals surface area contributed by atoms with Crippen molar-refractivity contribution in [1.29, 1.82) is 0 Å². The Morgan fingerprint density at radius 3 is 2.70 bits per heavy atom. The van der Waals surface area contributed by atoms with E-state index >= 15 is 0 Å². The molecule has 0 heterocycles. The van der Waals surface area contributed by atoms with Crippen molar-refractivity contribution in [2.75, 3.05) is 13.7 Å². The van der Waals surface area contributed by atoms with Crippen LogP contribution in [0.5, 0.6) is 5.75 Å². The maximum absolute atomic E-state index is 13.4. The normalized spacial score (nSPS) is 10.6. The molecule has 0 saturated carbocycles. The Hall–Kier alpha value is -1.52. The molecule has 0 fully saturated rings. The molecule has 0 atom stereocenters. The van der Waals surface area contributed by atoms with Crippen LogP contribution in [0.25, 0.3) is 0 Å². The van der Waals surface area contributed by atoms with Crippen LogP contribution in [0.2, 0.25) is 0 Å². The van der Waals surface area contributed by atoms with Crippen molar-refractivity contribution in [3.8, 4) is 5.75 Å². The first-order chi connectivity index (χ1) is 9.74. The molecule has 2 nitrogen and oxygen atoms in total. The summed E-state index contributed by atoms with van der Waals surface area (Å²) in [5, 5.41) is 3.24. The zero-order valence-corrected chi connectivity index (χ0v) is 12.5. The first-order valence-corrected chi connectivity index (χ1v) is 7.36. The Balaban J connectivity index is 2.28. The molecule has 0 aromatic heterocycles. The van der Waals surface area contributed by atoms with E-state index in [1.807, 2.05) is 37.3 Å². The fourth-order valence-electron chi connectivity index (χ4n) is 1.87. The van der Waals surface area contributed by atoms with E-state index in [2.05, 4.69) is 5.32 Å². The smallest absolute Gasteiger partial charge is 0.132 e. The van der Waals surface area contributed by atoms with E-state index in [0.717, 1.165) is 27.6 Å². The minimum absolute atomic E-state index is 0.206. The zero-order valence-electron chi connectivity index (χ0n) is 11.7. The molecule has 2 aromatic carbocycles. The molecule has 0 bridgehead atoms. The van der Waals surface area contributed by atoms with Crippen molar-refractivity contribution in [2.24, 2.45) is 0 Å². The van der Waals surface area contributed by atoms with Crippen molar-refractivity contribution in [3.05, 3.63) is 53.8 Å². The number of halogens is 1. The van der Waals surface area contributed by atoms with Gasteiger partial charge in [0.25, 0.3) is 0 Å². The van der Waals surface area contributed by atoms with Crippen LogP contribution in [0.3, 0.4) is 0 Å². The third-order valence-electron chi connectivity index (χ3n) is 2.88. The molecule has 106 valence electrons. The molecule has 0 unspecified atom stereocenters. The standard InChI is InChI=1S/C16H18FNOS/c1-3-18-11-12-10-13(17)8-9-15(12)20-16-7-5-4-6-14(16)19-2/h4-10,18H,3,11H2,1-2H3. The molecule has 20 heavy (non-hydrogen) atoms. The molecule has 2 aromatic rings. The van der Waals surface area contributed by atoms with Crippen LogP contribution in [-0.4, -0.2) is 13.7 Å². The molecular formula is C16H18FNOS. The molecule has 0 aliphatic rings. The molecule has 0 radical (unpaired) electrons. The molecule has 1 N–H and O–H groups in total. The van der Waals surface area contributed by atoms with E-state index in [-0.39, 0.29) is 5.82 Å². The highest BCUT2D eigenvalue weighted by Gasteiger charge is 2.09. The van der Waals surface area contributed by atoms with E-state index < -0.39 is 0 Å². The molecule has 2 rings (SSSR count). The molecule has 0 aliphatic heterocycles. The summed E-state index contributed by atoms with van der Waals surface area (Å²) in [4.78, 5) is 2.07. The van der Waals surface area contributed by atoms with E-state index in [1.54, 1.807) is 24.9 Å². The van der Waals surface area contributed by atoms with E-state index in [4.69, 9.17) is 4.74 Å². The lowest BCUT2D eigenvalue weighted by Crippen LogP contribution is -2.12. The van der Waals surface area contributed by atoms with Crippen molar-refractivity contribution < 1.29 is 9.13 Å². The van der Waals surface area contributed by atoms with Crippen molar-refractivity contribution in [1.82, 2.24) is 5.32 Å². The number of ether oxygens (including phenoxy) is 1. The highest BCUT2D eigenvalue weighted by molar-refractivity contribution is 7.99. The van der Waals surface area contributed by atoms with Gasteiger partial charge in [-0.25, -0.2) is 4.39 Å². The number of hydrogen-bond acceptors (Lipinski definition) is 3. The minimum Gasteiger partial charge on any atom is -0.496 e. The number of benzene rings is 2. The topological polar surface area (TPSA) is 21.3 Å². The SMILES string of the molecule is CCNCc1cc(F)ccc1Sc1ccccc1OC. The second-order valence-electron chi connectivity index (χ2n) is 4.29. The number of nitrogens with one attached hydrogen (secondary N) is 1. The van der Waals surface area contributed by atoms with Crippen molar-refractivity contribution in [3.63, 3.8) is 0 Å². The first-order valence-electron chi connectivity index (χ1n) is 6.54. The summed E-state index contributed by atoms with van der Waals surface area (Å²) >= 11 is 1.59. The lowest BCUT2D eigenvalue weighted by Gasteiger charge is -2.12. The molecule has 4 heteroatoms. The summed E-state index contributed by atoms with van der Waals surface area (Å²) in [6.07, 6.45) is 0. The van der Waals surface area contributed by atoms with Crippen molar-refractivity contribution in [2.45, 2.75) is 23.3 Å². The second kappa shape index (κ2) is 7.31. The zero-order chi connectivity index (χ0) is 14.4. The van der Waals surface area contributed by atoms with Crippen LogP contribution < -0.4 is 10.1 Å². The largest absolute Gasteiger partial charge is 0.496 e. The summed E-state index contributed by atoms with van der Waals surface area (Å²) in [6.45, 7) is 3.55. The average molecular weight is 291 g/mol. The molecule has 0 spiro atoms. The predicted molar refractivity (Wildman–Crippen MR) is 80.9 cm³/mol. The Labute approximate surface area is 123 Å². The third-order valence-corrected chi connectivity index (χ3v) is 4.05. The molecule has 0 amide bonds. The van der Waals surface area contributed by atoms with E-state index in [0.29, 0.717) is 6.54 Å². The van der Waals surface area contributed by atoms with Crippen LogP contribution in [-0.2, 0) is 6.54 Å². The van der Waals surface area contributed by atoms with Gasteiger partial charge in [0.1, 0.15) is 11.6 Å². The van der Waals surface area contributed by atoms with Crippen LogP contribution >= 0.6 is 11.8 Å². The van der Waals surface area contributed by atoms with Crippen LogP contribution in [0.1, 0.15) is 12.5 Å². The fourth-order valence-corrected chi connectivity index (χ4v) is 2.90. The van der Waals surface area contributed by atoms with Gasteiger partial charge < -0.3 is 10.1 Å². The summed E-state index contributed by atoms with van der Waals surface area (Å²) in [7, 11) is 1.66. The number of para-hydroxylation sites is 1. The van der Waals surface area contributed by atoms with Gasteiger partial charge in [-0.2, -0.15) is 0 Å². The van der Waals surface area contributed by atoms with E-state index in [1.165, 1.54) is 6.07 Å². The first kappa shape index (κ1) is 14.9. The lowest BCUT2D eigenvalue weighted by molar-refractivity contribution is 0.405. The lowest BCUT2D eigenvalue weighted by atomic mass is 10.2. The van der Waals surface area contributed by atoms with Gasteiger partial charge in [-0.1, -0.05) is 30.8 Å². The van der Waals surface area contributed by atoms with Gasteiger partial charge in [0.2, 0.25) is 0 Å². The average Bonchev–Trinajstić information content (AvgIpc) is 2.48. The van der Waals surface area contributed by atoms with E-state index in [9.17, 15) is 4.39 Å². The summed E-state index contributed by atoms with van der Waals surface area (Å²) in [5.74, 6) is 0.624. The van der Waals surface area contributed by atoms with Gasteiger partial charge in [0.05, 0.1) is 12.0 Å². The van der Waals surface area contributed by atoms with Gasteiger partial charge in [-0.05, 0) is 42.4 Å². The highest BCUT2D eigenvalue weighted by atomic mass is 32.2. The van der Waals surface area contributed by atoms with Gasteiger partial charge in [0, 0.05) is 11.4 Å². The number of rotatable bonds is 6. The molecular weight excluding hydrogens is 273 g/mol. The number of hydrogen-bond donors (Lipinski definition) is 1. The van der Waals surface area contributed by atoms with Gasteiger partial charge in [-0.15, -0.1) is 0 Å². The van der Waals surface area contributed by atoms with Crippen LogP contribution in [0, 0.1) is 5.82 Å². The van der Waals surface area contributed by atoms with Gasteiger partial charge in [0.15, 0.2) is 0 Å². The maximum atomic E-state index is 13.4. The maximum Gasteiger partial charge on any atom is 0.132 e. The fraction of sp³-hybridized carbons (Fsp3) is 0.250. The minimum atomic E-state index is -0.206. The van der Waals surface area contributed by atoms with Crippen LogP contribution in [0.4, 0.5) is 4.39 Å². The molecule has 0 saturated heterocycles. The van der Waals surface area contributed by atoms with Gasteiger partial charge >= 0.3 is 0 Å². The summed E-state index contributed by atoms with van der Waals surface area (Å²) < 4.78 is 18.7. The van der Waals surface area contributed by atoms with Crippen molar-refractivity contribution >= 4 is 11.8 Å². The Morgan fingerprint density at radius 2 is 1.95 bits per heavy atom. The summed E-state index contributed by atoms with van der Waals surface area (Å²) in [5.41, 5.74) is 0.961. The Bertz CT molecular complexity index is 574. The third kappa shape index (κ3) is 3.74. The van der Waals surface area contributed by atoms with Gasteiger partial charge in [-0.3, -0.25) is 0 Å². The predicted octanol–water partition coefficient (Wildman–Crippen LogP) is 4.10. The summed E-state index contributed by atoms with van der Waals surface area (Å²) in [6, 6.07) is 12.7.